The number of thiocarbonyl (C=S) groups is 1. The molecule has 0 aliphatic rings. The van der Waals surface area contributed by atoms with Crippen LogP contribution in [0, 0.1) is 0 Å². The molecule has 2 nitrogen and oxygen atoms in total. The summed E-state index contributed by atoms with van der Waals surface area (Å²) < 4.78 is 0.461. The molecule has 0 atom stereocenters. The Kier molecular flexibility index (Phi) is 7.19. The van der Waals surface area contributed by atoms with Crippen LogP contribution in [0.5, 0.6) is 0 Å². The van der Waals surface area contributed by atoms with Gasteiger partial charge in [-0.3, -0.25) is 0 Å². The van der Waals surface area contributed by atoms with Crippen LogP contribution in [-0.2, 0) is 25.5 Å². The molecule has 0 aliphatic heterocycles. The molecule has 1 aromatic heterocycles. The normalized spacial score (nSPS) is 9.38. The predicted molar refractivity (Wildman–Crippen MR) is 56.4 cm³/mol. The largest absolute Gasteiger partial charge is 1.00 e. The molecule has 0 bridgehead atoms. The number of aromatic amines is 1. The van der Waals surface area contributed by atoms with Crippen LogP contribution in [0.4, 0.5) is 0 Å². The second-order valence-corrected chi connectivity index (χ2v) is 3.58. The zero-order valence-corrected chi connectivity index (χ0v) is 12.9. The number of aryl methyl sites for hydroxylation is 2. The average molecular weight is 238 g/mol. The molecule has 13 heavy (non-hydrogen) atoms. The molecule has 0 aliphatic carbocycles. The minimum Gasteiger partial charge on any atom is -0.426 e. The Labute approximate surface area is 132 Å². The van der Waals surface area contributed by atoms with Crippen molar-refractivity contribution in [3.63, 3.8) is 0 Å². The third kappa shape index (κ3) is 3.66. The molecule has 1 N–H and O–H groups in total. The van der Waals surface area contributed by atoms with Gasteiger partial charge in [0.2, 0.25) is 0 Å². The van der Waals surface area contributed by atoms with Crippen LogP contribution in [0.3, 0.4) is 0 Å². The first-order valence-corrected chi connectivity index (χ1v) is 4.79. The Morgan fingerprint density at radius 2 is 2.08 bits per heavy atom. The maximum atomic E-state index is 4.91. The van der Waals surface area contributed by atoms with Gasteiger partial charge in [-0.05, 0) is 6.42 Å². The SMILES string of the molecule is CCc1nc(C(=S)[S-])c(CC)[nH]1.[K+]. The molecule has 0 spiro atoms. The summed E-state index contributed by atoms with van der Waals surface area (Å²) in [6.07, 6.45) is 1.80. The van der Waals surface area contributed by atoms with E-state index in [0.717, 1.165) is 30.1 Å². The van der Waals surface area contributed by atoms with Crippen molar-refractivity contribution in [1.29, 1.82) is 0 Å². The van der Waals surface area contributed by atoms with E-state index in [4.69, 9.17) is 24.8 Å². The minimum atomic E-state index is 0. The second-order valence-electron chi connectivity index (χ2n) is 2.51. The fraction of sp³-hybridized carbons (Fsp3) is 0.500. The first kappa shape index (κ1) is 14.2. The molecular weight excluding hydrogens is 227 g/mol. The molecule has 0 amide bonds. The van der Waals surface area contributed by atoms with E-state index in [1.807, 2.05) is 0 Å². The van der Waals surface area contributed by atoms with Crippen LogP contribution in [0.15, 0.2) is 0 Å². The van der Waals surface area contributed by atoms with Gasteiger partial charge < -0.3 is 29.8 Å². The van der Waals surface area contributed by atoms with E-state index in [-0.39, 0.29) is 51.4 Å². The number of nitrogens with one attached hydrogen (secondary N) is 1. The van der Waals surface area contributed by atoms with Crippen molar-refractivity contribution >= 4 is 29.0 Å². The van der Waals surface area contributed by atoms with Gasteiger partial charge in [-0.1, -0.05) is 13.8 Å². The molecule has 0 radical (unpaired) electrons. The van der Waals surface area contributed by atoms with Crippen LogP contribution in [-0.4, -0.2) is 14.2 Å². The summed E-state index contributed by atoms with van der Waals surface area (Å²) in [4.78, 5) is 7.50. The monoisotopic (exact) mass is 238 g/mol. The minimum absolute atomic E-state index is 0. The van der Waals surface area contributed by atoms with Gasteiger partial charge in [-0.2, -0.15) is 0 Å². The molecular formula is C8H11KN2S2. The third-order valence-electron chi connectivity index (χ3n) is 1.71. The number of H-pyrrole nitrogens is 1. The average Bonchev–Trinajstić information content (AvgIpc) is 2.47. The summed E-state index contributed by atoms with van der Waals surface area (Å²) in [5.41, 5.74) is 1.85. The van der Waals surface area contributed by atoms with Gasteiger partial charge in [0.1, 0.15) is 5.82 Å². The van der Waals surface area contributed by atoms with Crippen molar-refractivity contribution in [3.05, 3.63) is 17.2 Å². The summed E-state index contributed by atoms with van der Waals surface area (Å²) in [7, 11) is 0. The Morgan fingerprint density at radius 3 is 2.38 bits per heavy atom. The van der Waals surface area contributed by atoms with Gasteiger partial charge in [-0.15, -0.1) is 4.20 Å². The van der Waals surface area contributed by atoms with Crippen LogP contribution in [0.1, 0.15) is 31.1 Å². The zero-order valence-electron chi connectivity index (χ0n) is 8.18. The number of hydrogen-bond donors (Lipinski definition) is 1. The summed E-state index contributed by atoms with van der Waals surface area (Å²) in [5, 5.41) is 0. The Balaban J connectivity index is 0.00000144. The van der Waals surface area contributed by atoms with Gasteiger partial charge >= 0.3 is 51.4 Å². The van der Waals surface area contributed by atoms with Crippen LogP contribution in [0.2, 0.25) is 0 Å². The van der Waals surface area contributed by atoms with Gasteiger partial charge in [-0.25, -0.2) is 4.98 Å². The van der Waals surface area contributed by atoms with Crippen molar-refractivity contribution in [2.45, 2.75) is 26.7 Å². The van der Waals surface area contributed by atoms with Crippen molar-refractivity contribution < 1.29 is 51.4 Å². The quantitative estimate of drug-likeness (QED) is 0.406. The van der Waals surface area contributed by atoms with E-state index in [1.165, 1.54) is 0 Å². The van der Waals surface area contributed by atoms with Gasteiger partial charge in [0.15, 0.2) is 0 Å². The van der Waals surface area contributed by atoms with E-state index in [1.54, 1.807) is 0 Å². The summed E-state index contributed by atoms with van der Waals surface area (Å²) >= 11 is 9.82. The smallest absolute Gasteiger partial charge is 0.426 e. The van der Waals surface area contributed by atoms with E-state index in [9.17, 15) is 0 Å². The van der Waals surface area contributed by atoms with E-state index >= 15 is 0 Å². The molecule has 0 saturated carbocycles. The van der Waals surface area contributed by atoms with Crippen LogP contribution >= 0.6 is 12.2 Å². The van der Waals surface area contributed by atoms with E-state index < -0.39 is 0 Å². The van der Waals surface area contributed by atoms with Crippen LogP contribution in [0.25, 0.3) is 0 Å². The maximum absolute atomic E-state index is 4.91. The molecule has 0 unspecified atom stereocenters. The van der Waals surface area contributed by atoms with E-state index in [2.05, 4.69) is 23.8 Å². The third-order valence-corrected chi connectivity index (χ3v) is 2.10. The first-order valence-electron chi connectivity index (χ1n) is 3.98. The van der Waals surface area contributed by atoms with Crippen molar-refractivity contribution in [3.8, 4) is 0 Å². The van der Waals surface area contributed by atoms with E-state index in [0.29, 0.717) is 4.20 Å². The number of rotatable bonds is 3. The molecule has 1 rings (SSSR count). The van der Waals surface area contributed by atoms with Crippen molar-refractivity contribution in [1.82, 2.24) is 9.97 Å². The number of hydrogen-bond acceptors (Lipinski definition) is 3. The Hall–Kier alpha value is 1.16. The topological polar surface area (TPSA) is 28.7 Å². The van der Waals surface area contributed by atoms with Gasteiger partial charge in [0.05, 0.1) is 5.69 Å². The fourth-order valence-electron chi connectivity index (χ4n) is 1.06. The summed E-state index contributed by atoms with van der Waals surface area (Å²) in [5.74, 6) is 0.967. The number of aromatic nitrogens is 2. The molecule has 1 heterocycles. The fourth-order valence-corrected chi connectivity index (χ4v) is 1.39. The number of imidazole rings is 1. The standard InChI is InChI=1S/C8H12N2S2.K/c1-3-5-7(8(11)12)10-6(4-2)9-5;/h3-4H2,1-2H3,(H,9,10)(H,11,12);/q;+1/p-1. The van der Waals surface area contributed by atoms with Gasteiger partial charge in [0.25, 0.3) is 0 Å². The van der Waals surface area contributed by atoms with Crippen LogP contribution < -0.4 is 51.4 Å². The molecule has 5 heteroatoms. The Bertz CT molecular complexity index is 296. The summed E-state index contributed by atoms with van der Waals surface area (Å²) in [6, 6.07) is 0. The molecule has 0 saturated heterocycles. The predicted octanol–water partition coefficient (Wildman–Crippen LogP) is -1.24. The van der Waals surface area contributed by atoms with Crippen molar-refractivity contribution in [2.24, 2.45) is 0 Å². The van der Waals surface area contributed by atoms with Gasteiger partial charge in [0, 0.05) is 12.1 Å². The molecule has 0 aromatic carbocycles. The summed E-state index contributed by atoms with van der Waals surface area (Å²) in [6.45, 7) is 4.11. The number of nitrogens with zero attached hydrogens (tertiary/aromatic N) is 1. The molecule has 0 fully saturated rings. The molecule has 66 valence electrons. The molecule has 1 aromatic rings. The maximum Gasteiger partial charge on any atom is 1.00 e. The second kappa shape index (κ2) is 6.61. The zero-order chi connectivity index (χ0) is 9.14. The first-order chi connectivity index (χ1) is 5.69. The Morgan fingerprint density at radius 1 is 1.46 bits per heavy atom. The van der Waals surface area contributed by atoms with Crippen molar-refractivity contribution in [2.75, 3.05) is 0 Å².